The third-order valence-corrected chi connectivity index (χ3v) is 4.29. The van der Waals surface area contributed by atoms with Crippen molar-refractivity contribution in [1.82, 2.24) is 9.78 Å². The standard InChI is InChI=1S/C22H18N4O4/c1-29-22(28)24-16-11-9-15(10-12-16)23-21(27)19-14-18(20-8-5-13-30-20)25-26(19)17-6-3-2-4-7-17/h2-14H,1H3,(H,23,27)(H,24,28). The predicted octanol–water partition coefficient (Wildman–Crippen LogP) is 4.56. The van der Waals surface area contributed by atoms with E-state index in [2.05, 4.69) is 20.5 Å². The van der Waals surface area contributed by atoms with Crippen LogP contribution in [0.15, 0.2) is 83.5 Å². The maximum Gasteiger partial charge on any atom is 0.411 e. The molecule has 0 unspecified atom stereocenters. The van der Waals surface area contributed by atoms with Gasteiger partial charge in [0.2, 0.25) is 0 Å². The average molecular weight is 402 g/mol. The molecule has 0 spiro atoms. The number of hydrogen-bond acceptors (Lipinski definition) is 5. The molecule has 2 heterocycles. The third-order valence-electron chi connectivity index (χ3n) is 4.29. The number of aromatic nitrogens is 2. The molecule has 4 aromatic rings. The van der Waals surface area contributed by atoms with E-state index < -0.39 is 6.09 Å². The summed E-state index contributed by atoms with van der Waals surface area (Å²) in [5.41, 5.74) is 2.76. The zero-order valence-corrected chi connectivity index (χ0v) is 16.0. The number of rotatable bonds is 5. The molecule has 8 heteroatoms. The van der Waals surface area contributed by atoms with Crippen LogP contribution in [0.4, 0.5) is 16.2 Å². The van der Waals surface area contributed by atoms with Crippen LogP contribution in [0.2, 0.25) is 0 Å². The number of ether oxygens (including phenoxy) is 1. The summed E-state index contributed by atoms with van der Waals surface area (Å²) in [6.45, 7) is 0. The molecule has 4 rings (SSSR count). The van der Waals surface area contributed by atoms with Gasteiger partial charge >= 0.3 is 6.09 Å². The second-order valence-corrected chi connectivity index (χ2v) is 6.29. The molecule has 2 aromatic heterocycles. The molecule has 2 N–H and O–H groups in total. The third kappa shape index (κ3) is 4.07. The molecule has 0 saturated heterocycles. The van der Waals surface area contributed by atoms with Crippen molar-refractivity contribution < 1.29 is 18.7 Å². The Bertz CT molecular complexity index is 1150. The monoisotopic (exact) mass is 402 g/mol. The number of methoxy groups -OCH3 is 1. The van der Waals surface area contributed by atoms with Crippen LogP contribution in [0, 0.1) is 0 Å². The van der Waals surface area contributed by atoms with Crippen LogP contribution in [0.25, 0.3) is 17.1 Å². The number of furan rings is 1. The van der Waals surface area contributed by atoms with Crippen LogP contribution in [-0.2, 0) is 4.74 Å². The second kappa shape index (κ2) is 8.36. The summed E-state index contributed by atoms with van der Waals surface area (Å²) in [5.74, 6) is 0.231. The van der Waals surface area contributed by atoms with Gasteiger partial charge in [-0.3, -0.25) is 10.1 Å². The fourth-order valence-corrected chi connectivity index (χ4v) is 2.85. The van der Waals surface area contributed by atoms with E-state index in [4.69, 9.17) is 4.42 Å². The van der Waals surface area contributed by atoms with E-state index in [1.807, 2.05) is 30.3 Å². The molecule has 2 aromatic carbocycles. The van der Waals surface area contributed by atoms with E-state index in [0.29, 0.717) is 28.5 Å². The Kier molecular flexibility index (Phi) is 5.29. The molecule has 0 aliphatic rings. The molecule has 0 atom stereocenters. The SMILES string of the molecule is COC(=O)Nc1ccc(NC(=O)c2cc(-c3ccco3)nn2-c2ccccc2)cc1. The lowest BCUT2D eigenvalue weighted by molar-refractivity contribution is 0.101. The van der Waals surface area contributed by atoms with Gasteiger partial charge in [-0.05, 0) is 48.5 Å². The van der Waals surface area contributed by atoms with Gasteiger partial charge in [0.1, 0.15) is 11.4 Å². The predicted molar refractivity (Wildman–Crippen MR) is 112 cm³/mol. The van der Waals surface area contributed by atoms with E-state index in [-0.39, 0.29) is 5.91 Å². The highest BCUT2D eigenvalue weighted by molar-refractivity contribution is 6.04. The first-order valence-electron chi connectivity index (χ1n) is 9.10. The Balaban J connectivity index is 1.61. The van der Waals surface area contributed by atoms with Gasteiger partial charge in [-0.15, -0.1) is 0 Å². The van der Waals surface area contributed by atoms with Crippen molar-refractivity contribution in [3.63, 3.8) is 0 Å². The molecular weight excluding hydrogens is 384 g/mol. The zero-order chi connectivity index (χ0) is 20.9. The van der Waals surface area contributed by atoms with Crippen molar-refractivity contribution in [2.75, 3.05) is 17.7 Å². The minimum Gasteiger partial charge on any atom is -0.463 e. The lowest BCUT2D eigenvalue weighted by atomic mass is 10.2. The highest BCUT2D eigenvalue weighted by Gasteiger charge is 2.19. The number of nitrogens with one attached hydrogen (secondary N) is 2. The minimum absolute atomic E-state index is 0.335. The highest BCUT2D eigenvalue weighted by atomic mass is 16.5. The first-order chi connectivity index (χ1) is 14.6. The maximum absolute atomic E-state index is 13.0. The van der Waals surface area contributed by atoms with E-state index in [9.17, 15) is 9.59 Å². The smallest absolute Gasteiger partial charge is 0.411 e. The normalized spacial score (nSPS) is 10.4. The van der Waals surface area contributed by atoms with Gasteiger partial charge in [-0.2, -0.15) is 5.10 Å². The number of amides is 2. The summed E-state index contributed by atoms with van der Waals surface area (Å²) < 4.78 is 11.6. The molecule has 0 radical (unpaired) electrons. The molecule has 0 aliphatic heterocycles. The molecule has 0 fully saturated rings. The van der Waals surface area contributed by atoms with Gasteiger partial charge in [-0.1, -0.05) is 18.2 Å². The first kappa shape index (κ1) is 19.0. The largest absolute Gasteiger partial charge is 0.463 e. The molecule has 150 valence electrons. The van der Waals surface area contributed by atoms with Crippen LogP contribution in [0.1, 0.15) is 10.5 Å². The number of anilines is 2. The van der Waals surface area contributed by atoms with Gasteiger partial charge in [0.25, 0.3) is 5.91 Å². The number of para-hydroxylation sites is 1. The van der Waals surface area contributed by atoms with Crippen LogP contribution >= 0.6 is 0 Å². The van der Waals surface area contributed by atoms with Crippen LogP contribution in [0.5, 0.6) is 0 Å². The van der Waals surface area contributed by atoms with Crippen molar-refractivity contribution in [2.45, 2.75) is 0 Å². The molecule has 0 bridgehead atoms. The highest BCUT2D eigenvalue weighted by Crippen LogP contribution is 2.23. The fourth-order valence-electron chi connectivity index (χ4n) is 2.85. The van der Waals surface area contributed by atoms with Gasteiger partial charge in [0.05, 0.1) is 19.1 Å². The topological polar surface area (TPSA) is 98.4 Å². The maximum atomic E-state index is 13.0. The van der Waals surface area contributed by atoms with Gasteiger partial charge in [-0.25, -0.2) is 9.48 Å². The summed E-state index contributed by atoms with van der Waals surface area (Å²) in [5, 5.41) is 9.94. The van der Waals surface area contributed by atoms with Crippen molar-refractivity contribution in [3.8, 4) is 17.1 Å². The number of nitrogens with zero attached hydrogens (tertiary/aromatic N) is 2. The summed E-state index contributed by atoms with van der Waals surface area (Å²) >= 11 is 0. The Hall–Kier alpha value is -4.33. The molecule has 2 amide bonds. The number of carbonyl (C=O) groups excluding carboxylic acids is 2. The van der Waals surface area contributed by atoms with Crippen LogP contribution < -0.4 is 10.6 Å². The number of carbonyl (C=O) groups is 2. The van der Waals surface area contributed by atoms with E-state index in [0.717, 1.165) is 5.69 Å². The van der Waals surface area contributed by atoms with Crippen LogP contribution in [0.3, 0.4) is 0 Å². The van der Waals surface area contributed by atoms with Gasteiger partial charge in [0.15, 0.2) is 5.76 Å². The lowest BCUT2D eigenvalue weighted by Gasteiger charge is -2.09. The molecule has 0 saturated carbocycles. The summed E-state index contributed by atoms with van der Waals surface area (Å²) in [6, 6.07) is 21.3. The zero-order valence-electron chi connectivity index (χ0n) is 16.0. The van der Waals surface area contributed by atoms with Crippen molar-refractivity contribution in [1.29, 1.82) is 0 Å². The molecule has 8 nitrogen and oxygen atoms in total. The quantitative estimate of drug-likeness (QED) is 0.510. The average Bonchev–Trinajstić information content (AvgIpc) is 3.45. The van der Waals surface area contributed by atoms with E-state index in [1.54, 1.807) is 53.4 Å². The van der Waals surface area contributed by atoms with Gasteiger partial charge in [0, 0.05) is 17.4 Å². The van der Waals surface area contributed by atoms with E-state index >= 15 is 0 Å². The minimum atomic E-state index is -0.566. The number of hydrogen-bond donors (Lipinski definition) is 2. The Morgan fingerprint density at radius 2 is 1.63 bits per heavy atom. The summed E-state index contributed by atoms with van der Waals surface area (Å²) in [7, 11) is 1.29. The molecule has 30 heavy (non-hydrogen) atoms. The first-order valence-corrected chi connectivity index (χ1v) is 9.10. The number of benzene rings is 2. The van der Waals surface area contributed by atoms with Crippen molar-refractivity contribution in [2.24, 2.45) is 0 Å². The molecular formula is C22H18N4O4. The van der Waals surface area contributed by atoms with Crippen LogP contribution in [-0.4, -0.2) is 28.9 Å². The second-order valence-electron chi connectivity index (χ2n) is 6.29. The lowest BCUT2D eigenvalue weighted by Crippen LogP contribution is -2.17. The Morgan fingerprint density at radius 3 is 2.27 bits per heavy atom. The van der Waals surface area contributed by atoms with Crippen molar-refractivity contribution in [3.05, 3.63) is 84.8 Å². The summed E-state index contributed by atoms with van der Waals surface area (Å²) in [4.78, 5) is 24.3. The van der Waals surface area contributed by atoms with Crippen molar-refractivity contribution >= 4 is 23.4 Å². The Morgan fingerprint density at radius 1 is 0.933 bits per heavy atom. The Labute approximate surface area is 172 Å². The molecule has 0 aliphatic carbocycles. The van der Waals surface area contributed by atoms with E-state index in [1.165, 1.54) is 7.11 Å². The summed E-state index contributed by atoms with van der Waals surface area (Å²) in [6.07, 6.45) is 0.990. The fraction of sp³-hybridized carbons (Fsp3) is 0.0455. The van der Waals surface area contributed by atoms with Gasteiger partial charge < -0.3 is 14.5 Å².